The summed E-state index contributed by atoms with van der Waals surface area (Å²) in [5.74, 6) is -83.8. The van der Waals surface area contributed by atoms with Crippen LogP contribution in [-0.2, 0) is 17.3 Å². The molecule has 5 rings (SSSR count). The van der Waals surface area contributed by atoms with Gasteiger partial charge in [-0.1, -0.05) is 61.8 Å². The first-order valence-electron chi connectivity index (χ1n) is 17.4. The molecule has 0 aliphatic heterocycles. The zero-order chi connectivity index (χ0) is 51.0. The normalized spacial score (nSPS) is 16.1. The zero-order valence-electron chi connectivity index (χ0n) is 31.7. The lowest BCUT2D eigenvalue weighted by Crippen LogP contribution is -2.69. The molecular formula is C39H19ClF26. The average molecular weight is 1020 g/mol. The number of benzene rings is 4. The number of fused-ring (bicyclic) bond motifs is 3. The molecule has 66 heavy (non-hydrogen) atoms. The van der Waals surface area contributed by atoms with Gasteiger partial charge in [0.1, 0.15) is 0 Å². The van der Waals surface area contributed by atoms with Crippen LogP contribution in [0.1, 0.15) is 36.1 Å². The standard InChI is InChI=1S/C39H19ClF26/c1-27(2)24-6-4-3-5-22(24)26-23(16-7-9-21(40)10-8-16)13-18(14-25(26)27)17-11-19(28(41,42)30(45,46)32(49,50)34(53,54)36(57,58)38(61,62)63)15-20(12-17)29(43,44)31(47,48)33(51,52)35(55,56)37(59,60)39(64,65)66/h3-15H,1-2H3. The lowest BCUT2D eigenvalue weighted by atomic mass is 9.80. The fraction of sp³-hybridized carbons (Fsp3) is 0.385. The first-order valence-corrected chi connectivity index (χ1v) is 17.8. The third kappa shape index (κ3) is 6.96. The van der Waals surface area contributed by atoms with Gasteiger partial charge in [-0.3, -0.25) is 0 Å². The van der Waals surface area contributed by atoms with Gasteiger partial charge in [0.25, 0.3) is 0 Å². The van der Waals surface area contributed by atoms with E-state index in [9.17, 15) is 79.0 Å². The SMILES string of the molecule is CC1(C)c2ccccc2-c2c(-c3ccc(Cl)cc3)cc(-c3cc(C(F)(F)C(F)(F)C(F)(F)C(F)(F)C(F)(F)C(F)(F)F)cc(C(F)(F)C(F)(F)C(F)(F)C(F)(F)C(F)(F)C(F)(F)F)c3)cc21. The third-order valence-corrected chi connectivity index (χ3v) is 10.9. The van der Waals surface area contributed by atoms with E-state index in [0.29, 0.717) is 23.3 Å². The van der Waals surface area contributed by atoms with Crippen molar-refractivity contribution in [1.29, 1.82) is 0 Å². The molecule has 1 aliphatic rings. The van der Waals surface area contributed by atoms with Crippen LogP contribution in [0, 0.1) is 0 Å². The van der Waals surface area contributed by atoms with Crippen molar-refractivity contribution in [2.24, 2.45) is 0 Å². The molecule has 0 N–H and O–H groups in total. The van der Waals surface area contributed by atoms with Gasteiger partial charge in [-0.05, 0) is 87.0 Å². The molecule has 27 heteroatoms. The van der Waals surface area contributed by atoms with Gasteiger partial charge >= 0.3 is 71.6 Å². The molecule has 0 amide bonds. The number of alkyl halides is 26. The summed E-state index contributed by atoms with van der Waals surface area (Å²) >= 11 is 5.92. The molecule has 0 spiro atoms. The molecule has 0 radical (unpaired) electrons. The predicted octanol–water partition coefficient (Wildman–Crippen LogP) is 16.4. The molecular weight excluding hydrogens is 998 g/mol. The monoisotopic (exact) mass is 1020 g/mol. The van der Waals surface area contributed by atoms with E-state index in [1.807, 2.05) is 0 Å². The van der Waals surface area contributed by atoms with Gasteiger partial charge in [-0.15, -0.1) is 0 Å². The molecule has 364 valence electrons. The first kappa shape index (κ1) is 52.3. The Kier molecular flexibility index (Phi) is 11.8. The van der Waals surface area contributed by atoms with Gasteiger partial charge in [0, 0.05) is 21.6 Å². The van der Waals surface area contributed by atoms with Crippen LogP contribution in [0.3, 0.4) is 0 Å². The van der Waals surface area contributed by atoms with Crippen LogP contribution in [0.15, 0.2) is 78.9 Å². The minimum Gasteiger partial charge on any atom is -0.194 e. The highest BCUT2D eigenvalue weighted by Gasteiger charge is 2.92. The quantitative estimate of drug-likeness (QED) is 0.124. The molecule has 1 aliphatic carbocycles. The Morgan fingerprint density at radius 2 is 0.712 bits per heavy atom. The van der Waals surface area contributed by atoms with Crippen molar-refractivity contribution in [3.05, 3.63) is 106 Å². The van der Waals surface area contributed by atoms with Crippen LogP contribution >= 0.6 is 11.6 Å². The molecule has 0 unspecified atom stereocenters. The van der Waals surface area contributed by atoms with Gasteiger partial charge in [-0.2, -0.15) is 114 Å². The summed E-state index contributed by atoms with van der Waals surface area (Å²) in [6.45, 7) is 2.77. The van der Waals surface area contributed by atoms with Crippen molar-refractivity contribution in [2.75, 3.05) is 0 Å². The number of rotatable bonds is 12. The fourth-order valence-corrected chi connectivity index (χ4v) is 7.02. The van der Waals surface area contributed by atoms with Crippen LogP contribution in [0.2, 0.25) is 5.02 Å². The Labute approximate surface area is 356 Å². The van der Waals surface area contributed by atoms with Gasteiger partial charge in [0.05, 0.1) is 0 Å². The largest absolute Gasteiger partial charge is 0.460 e. The fourth-order valence-electron chi connectivity index (χ4n) is 6.90. The van der Waals surface area contributed by atoms with E-state index in [-0.39, 0.29) is 27.3 Å². The van der Waals surface area contributed by atoms with E-state index in [1.54, 1.807) is 0 Å². The molecule has 0 saturated heterocycles. The number of hydrogen-bond acceptors (Lipinski definition) is 0. The van der Waals surface area contributed by atoms with Crippen LogP contribution in [0.25, 0.3) is 33.4 Å². The Morgan fingerprint density at radius 3 is 1.11 bits per heavy atom. The Bertz CT molecular complexity index is 2420. The van der Waals surface area contributed by atoms with Crippen LogP contribution in [0.5, 0.6) is 0 Å². The highest BCUT2D eigenvalue weighted by Crippen LogP contribution is 2.65. The second-order valence-corrected chi connectivity index (χ2v) is 15.6. The van der Waals surface area contributed by atoms with Gasteiger partial charge in [0.15, 0.2) is 0 Å². The topological polar surface area (TPSA) is 0 Å². The summed E-state index contributed by atoms with van der Waals surface area (Å²) in [4.78, 5) is 0. The van der Waals surface area contributed by atoms with E-state index < -0.39 is 117 Å². The second-order valence-electron chi connectivity index (χ2n) is 15.2. The third-order valence-electron chi connectivity index (χ3n) is 10.7. The maximum absolute atomic E-state index is 15.8. The summed E-state index contributed by atoms with van der Waals surface area (Å²) in [5, 5.41) is 0.00157. The zero-order valence-corrected chi connectivity index (χ0v) is 32.5. The minimum atomic E-state index is -8.71. The summed E-state index contributed by atoms with van der Waals surface area (Å²) in [7, 11) is 0. The van der Waals surface area contributed by atoms with E-state index in [4.69, 9.17) is 11.6 Å². The molecule has 4 aromatic carbocycles. The van der Waals surface area contributed by atoms with Crippen molar-refractivity contribution < 1.29 is 114 Å². The summed E-state index contributed by atoms with van der Waals surface area (Å²) < 4.78 is 370. The molecule has 0 heterocycles. The van der Waals surface area contributed by atoms with Crippen LogP contribution in [0.4, 0.5) is 114 Å². The summed E-state index contributed by atoms with van der Waals surface area (Å²) in [6.07, 6.45) is -15.9. The highest BCUT2D eigenvalue weighted by molar-refractivity contribution is 6.30. The van der Waals surface area contributed by atoms with Gasteiger partial charge < -0.3 is 0 Å². The molecule has 0 atom stereocenters. The van der Waals surface area contributed by atoms with E-state index >= 15 is 35.1 Å². The number of hydrogen-bond donors (Lipinski definition) is 0. The maximum Gasteiger partial charge on any atom is 0.460 e. The Morgan fingerprint density at radius 1 is 0.348 bits per heavy atom. The molecule has 0 saturated carbocycles. The van der Waals surface area contributed by atoms with Crippen molar-refractivity contribution in [2.45, 2.75) is 90.8 Å². The smallest absolute Gasteiger partial charge is 0.194 e. The van der Waals surface area contributed by atoms with Crippen molar-refractivity contribution in [3.8, 4) is 33.4 Å². The summed E-state index contributed by atoms with van der Waals surface area (Å²) in [6, 6.07) is 8.43. The van der Waals surface area contributed by atoms with E-state index in [1.165, 1.54) is 62.4 Å². The highest BCUT2D eigenvalue weighted by atomic mass is 35.5. The van der Waals surface area contributed by atoms with Gasteiger partial charge in [0.2, 0.25) is 0 Å². The second kappa shape index (κ2) is 14.9. The van der Waals surface area contributed by atoms with Crippen LogP contribution in [-0.4, -0.2) is 59.7 Å². The predicted molar refractivity (Wildman–Crippen MR) is 179 cm³/mol. The van der Waals surface area contributed by atoms with Crippen molar-refractivity contribution >= 4 is 11.6 Å². The maximum atomic E-state index is 15.8. The number of halogens is 27. The van der Waals surface area contributed by atoms with E-state index in [2.05, 4.69) is 0 Å². The van der Waals surface area contributed by atoms with Crippen molar-refractivity contribution in [3.63, 3.8) is 0 Å². The summed E-state index contributed by atoms with van der Waals surface area (Å²) in [5.41, 5.74) is -11.1. The van der Waals surface area contributed by atoms with E-state index in [0.717, 1.165) is 0 Å². The molecule has 4 aromatic rings. The Hall–Kier alpha value is -4.65. The molecule has 0 fully saturated rings. The lowest BCUT2D eigenvalue weighted by Gasteiger charge is -2.41. The molecule has 0 nitrogen and oxygen atoms in total. The molecule has 0 aromatic heterocycles. The molecule has 0 bridgehead atoms. The lowest BCUT2D eigenvalue weighted by molar-refractivity contribution is -0.442. The van der Waals surface area contributed by atoms with Gasteiger partial charge in [-0.25, -0.2) is 0 Å². The van der Waals surface area contributed by atoms with Crippen molar-refractivity contribution in [1.82, 2.24) is 0 Å². The van der Waals surface area contributed by atoms with Crippen LogP contribution < -0.4 is 0 Å². The first-order chi connectivity index (χ1) is 29.3. The minimum absolute atomic E-state index is 0.00157. The average Bonchev–Trinajstić information content (AvgIpc) is 3.42. The Balaban J connectivity index is 1.91.